The lowest BCUT2D eigenvalue weighted by atomic mass is 10.2. The van der Waals surface area contributed by atoms with Gasteiger partial charge in [-0.25, -0.2) is 0 Å². The molecule has 7 heteroatoms. The van der Waals surface area contributed by atoms with Gasteiger partial charge < -0.3 is 19.6 Å². The van der Waals surface area contributed by atoms with Crippen molar-refractivity contribution >= 4 is 22.5 Å². The fraction of sp³-hybridized carbons (Fsp3) is 0.300. The van der Waals surface area contributed by atoms with Crippen molar-refractivity contribution < 1.29 is 9.53 Å². The molecule has 1 saturated heterocycles. The standard InChI is InChI=1S/C20H22N4O3/c25-19-4-1-16(14-21-19)20(26)22-17-2-3-18-15(13-17)5-6-24(18)8-7-23-9-11-27-12-10-23/h1-6,13-14H,7-12H2,(H,21,25)(H,22,26). The number of rotatable bonds is 5. The first-order valence-electron chi connectivity index (χ1n) is 9.08. The van der Waals surface area contributed by atoms with E-state index in [9.17, 15) is 9.59 Å². The SMILES string of the molecule is O=C(Nc1ccc2c(ccn2CCN2CCOCC2)c1)c1ccc(=O)[nH]c1. The number of morpholine rings is 1. The van der Waals surface area contributed by atoms with Crippen LogP contribution in [0.5, 0.6) is 0 Å². The van der Waals surface area contributed by atoms with Crippen molar-refractivity contribution in [1.82, 2.24) is 14.5 Å². The van der Waals surface area contributed by atoms with E-state index < -0.39 is 0 Å². The molecule has 0 spiro atoms. The molecule has 1 amide bonds. The summed E-state index contributed by atoms with van der Waals surface area (Å²) in [6, 6.07) is 10.8. The van der Waals surface area contributed by atoms with Crippen LogP contribution in [0.4, 0.5) is 5.69 Å². The normalized spacial score (nSPS) is 15.1. The minimum absolute atomic E-state index is 0.230. The first-order chi connectivity index (χ1) is 13.2. The Morgan fingerprint density at radius 3 is 2.74 bits per heavy atom. The van der Waals surface area contributed by atoms with Crippen molar-refractivity contribution in [3.8, 4) is 0 Å². The minimum Gasteiger partial charge on any atom is -0.379 e. The molecule has 0 atom stereocenters. The van der Waals surface area contributed by atoms with Crippen LogP contribution in [0.25, 0.3) is 10.9 Å². The summed E-state index contributed by atoms with van der Waals surface area (Å²) in [7, 11) is 0. The van der Waals surface area contributed by atoms with Crippen LogP contribution in [-0.2, 0) is 11.3 Å². The van der Waals surface area contributed by atoms with E-state index in [4.69, 9.17) is 4.74 Å². The van der Waals surface area contributed by atoms with Gasteiger partial charge in [-0.2, -0.15) is 0 Å². The molecule has 0 unspecified atom stereocenters. The van der Waals surface area contributed by atoms with Gasteiger partial charge in [-0.3, -0.25) is 14.5 Å². The van der Waals surface area contributed by atoms with Crippen LogP contribution in [-0.4, -0.2) is 53.2 Å². The van der Waals surface area contributed by atoms with Gasteiger partial charge in [0.05, 0.1) is 18.8 Å². The summed E-state index contributed by atoms with van der Waals surface area (Å²) in [6.45, 7) is 5.51. The Kier molecular flexibility index (Phi) is 5.04. The number of carbonyl (C=O) groups is 1. The topological polar surface area (TPSA) is 79.4 Å². The highest BCUT2D eigenvalue weighted by molar-refractivity contribution is 6.04. The Balaban J connectivity index is 1.44. The largest absolute Gasteiger partial charge is 0.379 e. The summed E-state index contributed by atoms with van der Waals surface area (Å²) in [6.07, 6.45) is 3.50. The van der Waals surface area contributed by atoms with E-state index in [1.807, 2.05) is 18.2 Å². The van der Waals surface area contributed by atoms with Crippen LogP contribution >= 0.6 is 0 Å². The van der Waals surface area contributed by atoms with Gasteiger partial charge in [0.15, 0.2) is 0 Å². The van der Waals surface area contributed by atoms with Crippen LogP contribution in [0.2, 0.25) is 0 Å². The Hall–Kier alpha value is -2.90. The highest BCUT2D eigenvalue weighted by Crippen LogP contribution is 2.21. The molecule has 1 fully saturated rings. The number of anilines is 1. The maximum absolute atomic E-state index is 12.3. The van der Waals surface area contributed by atoms with Crippen molar-refractivity contribution in [3.05, 3.63) is 64.7 Å². The highest BCUT2D eigenvalue weighted by atomic mass is 16.5. The summed E-state index contributed by atoms with van der Waals surface area (Å²) in [5.74, 6) is -0.252. The fourth-order valence-corrected chi connectivity index (χ4v) is 3.30. The second-order valence-corrected chi connectivity index (χ2v) is 6.63. The van der Waals surface area contributed by atoms with E-state index in [2.05, 4.69) is 32.0 Å². The average Bonchev–Trinajstić information content (AvgIpc) is 3.10. The summed E-state index contributed by atoms with van der Waals surface area (Å²) < 4.78 is 7.62. The first kappa shape index (κ1) is 17.5. The molecule has 140 valence electrons. The van der Waals surface area contributed by atoms with E-state index in [-0.39, 0.29) is 11.5 Å². The third-order valence-corrected chi connectivity index (χ3v) is 4.84. The number of ether oxygens (including phenoxy) is 1. The highest BCUT2D eigenvalue weighted by Gasteiger charge is 2.11. The van der Waals surface area contributed by atoms with Crippen molar-refractivity contribution in [2.24, 2.45) is 0 Å². The molecule has 2 aromatic heterocycles. The molecule has 0 saturated carbocycles. The lowest BCUT2D eigenvalue weighted by Gasteiger charge is -2.26. The van der Waals surface area contributed by atoms with Gasteiger partial charge in [-0.05, 0) is 30.3 Å². The number of benzene rings is 1. The average molecular weight is 366 g/mol. The number of amides is 1. The van der Waals surface area contributed by atoms with E-state index in [1.54, 1.807) is 0 Å². The number of H-pyrrole nitrogens is 1. The lowest BCUT2D eigenvalue weighted by Crippen LogP contribution is -2.38. The van der Waals surface area contributed by atoms with Crippen molar-refractivity contribution in [2.45, 2.75) is 6.54 Å². The Bertz CT molecular complexity index is 981. The molecule has 0 radical (unpaired) electrons. The van der Waals surface area contributed by atoms with E-state index >= 15 is 0 Å². The van der Waals surface area contributed by atoms with E-state index in [1.165, 1.54) is 18.3 Å². The van der Waals surface area contributed by atoms with Gasteiger partial charge in [0, 0.05) is 61.2 Å². The number of aromatic nitrogens is 2. The number of aromatic amines is 1. The number of carbonyl (C=O) groups excluding carboxylic acids is 1. The van der Waals surface area contributed by atoms with Gasteiger partial charge in [0.2, 0.25) is 5.56 Å². The maximum atomic E-state index is 12.3. The predicted molar refractivity (Wildman–Crippen MR) is 104 cm³/mol. The molecule has 3 aromatic rings. The molecule has 7 nitrogen and oxygen atoms in total. The second-order valence-electron chi connectivity index (χ2n) is 6.63. The van der Waals surface area contributed by atoms with Gasteiger partial charge in [0.1, 0.15) is 0 Å². The Morgan fingerprint density at radius 1 is 1.11 bits per heavy atom. The molecular formula is C20H22N4O3. The van der Waals surface area contributed by atoms with Gasteiger partial charge >= 0.3 is 0 Å². The molecule has 4 rings (SSSR count). The molecule has 3 heterocycles. The molecule has 1 aliphatic rings. The van der Waals surface area contributed by atoms with Gasteiger partial charge in [-0.1, -0.05) is 0 Å². The fourth-order valence-electron chi connectivity index (χ4n) is 3.30. The van der Waals surface area contributed by atoms with Crippen LogP contribution in [0.15, 0.2) is 53.6 Å². The number of nitrogens with one attached hydrogen (secondary N) is 2. The molecule has 0 aliphatic carbocycles. The maximum Gasteiger partial charge on any atom is 0.257 e. The number of fused-ring (bicyclic) bond motifs is 1. The molecule has 1 aliphatic heterocycles. The smallest absolute Gasteiger partial charge is 0.257 e. The molecule has 27 heavy (non-hydrogen) atoms. The summed E-state index contributed by atoms with van der Waals surface area (Å²) in [5, 5.41) is 3.95. The van der Waals surface area contributed by atoms with Gasteiger partial charge in [0.25, 0.3) is 5.91 Å². The zero-order valence-electron chi connectivity index (χ0n) is 15.0. The summed E-state index contributed by atoms with van der Waals surface area (Å²) >= 11 is 0. The van der Waals surface area contributed by atoms with Crippen LogP contribution < -0.4 is 10.9 Å². The molecule has 2 N–H and O–H groups in total. The van der Waals surface area contributed by atoms with E-state index in [0.717, 1.165) is 56.0 Å². The number of hydrogen-bond acceptors (Lipinski definition) is 4. The third kappa shape index (κ3) is 4.10. The van der Waals surface area contributed by atoms with Gasteiger partial charge in [-0.15, -0.1) is 0 Å². The Labute approximate surface area is 156 Å². The zero-order chi connectivity index (χ0) is 18.6. The monoisotopic (exact) mass is 366 g/mol. The van der Waals surface area contributed by atoms with Crippen molar-refractivity contribution in [3.63, 3.8) is 0 Å². The quantitative estimate of drug-likeness (QED) is 0.723. The van der Waals surface area contributed by atoms with Crippen LogP contribution in [0.3, 0.4) is 0 Å². The van der Waals surface area contributed by atoms with Crippen molar-refractivity contribution in [1.29, 1.82) is 0 Å². The summed E-state index contributed by atoms with van der Waals surface area (Å²) in [5.41, 5.74) is 2.05. The molecule has 1 aromatic carbocycles. The Morgan fingerprint density at radius 2 is 1.96 bits per heavy atom. The van der Waals surface area contributed by atoms with Crippen molar-refractivity contribution in [2.75, 3.05) is 38.2 Å². The lowest BCUT2D eigenvalue weighted by molar-refractivity contribution is 0.0365. The van der Waals surface area contributed by atoms with Crippen LogP contribution in [0, 0.1) is 0 Å². The zero-order valence-corrected chi connectivity index (χ0v) is 15.0. The minimum atomic E-state index is -0.252. The summed E-state index contributed by atoms with van der Waals surface area (Å²) in [4.78, 5) is 28.3. The van der Waals surface area contributed by atoms with E-state index in [0.29, 0.717) is 5.56 Å². The molecular weight excluding hydrogens is 344 g/mol. The molecule has 0 bridgehead atoms. The number of nitrogens with zero attached hydrogens (tertiary/aromatic N) is 2. The third-order valence-electron chi connectivity index (χ3n) is 4.84. The number of hydrogen-bond donors (Lipinski definition) is 2. The van der Waals surface area contributed by atoms with Crippen LogP contribution in [0.1, 0.15) is 10.4 Å². The second kappa shape index (κ2) is 7.77. The number of pyridine rings is 1. The first-order valence-corrected chi connectivity index (χ1v) is 9.08. The predicted octanol–water partition coefficient (Wildman–Crippen LogP) is 1.91.